The van der Waals surface area contributed by atoms with Gasteiger partial charge in [-0.2, -0.15) is 0 Å². The standard InChI is InChI=1S/C10H11ClO/c1-8(11)7-9-3-5-10(12-2)6-4-9/h3-7H,1-2H3. The monoisotopic (exact) mass is 182 g/mol. The summed E-state index contributed by atoms with van der Waals surface area (Å²) in [4.78, 5) is 0. The Hall–Kier alpha value is -0.950. The van der Waals surface area contributed by atoms with Gasteiger partial charge in [-0.05, 0) is 30.7 Å². The van der Waals surface area contributed by atoms with E-state index in [1.165, 1.54) is 0 Å². The smallest absolute Gasteiger partial charge is 0.118 e. The Bertz CT molecular complexity index is 270. The fourth-order valence-corrected chi connectivity index (χ4v) is 1.06. The summed E-state index contributed by atoms with van der Waals surface area (Å²) in [6.45, 7) is 1.85. The first kappa shape index (κ1) is 9.14. The van der Waals surface area contributed by atoms with Gasteiger partial charge in [-0.25, -0.2) is 0 Å². The molecule has 0 spiro atoms. The van der Waals surface area contributed by atoms with Gasteiger partial charge < -0.3 is 4.74 Å². The molecule has 0 fully saturated rings. The van der Waals surface area contributed by atoms with Gasteiger partial charge in [0.25, 0.3) is 0 Å². The normalized spacial score (nSPS) is 11.4. The second-order valence-corrected chi connectivity index (χ2v) is 3.10. The molecule has 0 aliphatic rings. The lowest BCUT2D eigenvalue weighted by Gasteiger charge is -1.98. The van der Waals surface area contributed by atoms with Crippen LogP contribution >= 0.6 is 11.6 Å². The van der Waals surface area contributed by atoms with Gasteiger partial charge in [-0.15, -0.1) is 0 Å². The van der Waals surface area contributed by atoms with Crippen LogP contribution in [0.1, 0.15) is 12.5 Å². The first-order valence-corrected chi connectivity index (χ1v) is 4.08. The zero-order valence-corrected chi connectivity index (χ0v) is 7.93. The van der Waals surface area contributed by atoms with E-state index in [1.807, 2.05) is 37.3 Å². The van der Waals surface area contributed by atoms with E-state index in [4.69, 9.17) is 16.3 Å². The van der Waals surface area contributed by atoms with Crippen molar-refractivity contribution in [2.75, 3.05) is 7.11 Å². The summed E-state index contributed by atoms with van der Waals surface area (Å²) in [5, 5.41) is 0.778. The van der Waals surface area contributed by atoms with E-state index in [-0.39, 0.29) is 0 Å². The fraction of sp³-hybridized carbons (Fsp3) is 0.200. The summed E-state index contributed by atoms with van der Waals surface area (Å²) < 4.78 is 5.02. The Kier molecular flexibility index (Phi) is 3.18. The van der Waals surface area contributed by atoms with Gasteiger partial charge in [0.1, 0.15) is 5.75 Å². The Labute approximate surface area is 77.6 Å². The van der Waals surface area contributed by atoms with Crippen molar-refractivity contribution < 1.29 is 4.74 Å². The lowest BCUT2D eigenvalue weighted by Crippen LogP contribution is -1.81. The highest BCUT2D eigenvalue weighted by Gasteiger charge is 1.90. The van der Waals surface area contributed by atoms with Crippen LogP contribution in [0.2, 0.25) is 0 Å². The van der Waals surface area contributed by atoms with Gasteiger partial charge in [-0.3, -0.25) is 0 Å². The molecule has 0 radical (unpaired) electrons. The van der Waals surface area contributed by atoms with Gasteiger partial charge in [0.15, 0.2) is 0 Å². The predicted octanol–water partition coefficient (Wildman–Crippen LogP) is 3.29. The highest BCUT2D eigenvalue weighted by Crippen LogP contribution is 2.14. The molecule has 0 aromatic heterocycles. The molecule has 0 saturated heterocycles. The largest absolute Gasteiger partial charge is 0.497 e. The average Bonchev–Trinajstić information content (AvgIpc) is 2.05. The van der Waals surface area contributed by atoms with Crippen molar-refractivity contribution in [3.63, 3.8) is 0 Å². The Morgan fingerprint density at radius 3 is 2.33 bits per heavy atom. The second-order valence-electron chi connectivity index (χ2n) is 2.50. The maximum absolute atomic E-state index is 5.72. The third kappa shape index (κ3) is 2.59. The van der Waals surface area contributed by atoms with Crippen LogP contribution in [0, 0.1) is 0 Å². The van der Waals surface area contributed by atoms with E-state index in [1.54, 1.807) is 7.11 Å². The maximum Gasteiger partial charge on any atom is 0.118 e. The average molecular weight is 183 g/mol. The number of benzene rings is 1. The number of allylic oxidation sites excluding steroid dienone is 1. The van der Waals surface area contributed by atoms with Gasteiger partial charge in [0.05, 0.1) is 7.11 Å². The van der Waals surface area contributed by atoms with Crippen molar-refractivity contribution in [3.05, 3.63) is 34.9 Å². The minimum absolute atomic E-state index is 0.778. The summed E-state index contributed by atoms with van der Waals surface area (Å²) in [6.07, 6.45) is 1.90. The zero-order valence-electron chi connectivity index (χ0n) is 7.17. The first-order chi connectivity index (χ1) is 5.72. The van der Waals surface area contributed by atoms with Crippen LogP contribution in [0.3, 0.4) is 0 Å². The van der Waals surface area contributed by atoms with Gasteiger partial charge >= 0.3 is 0 Å². The number of hydrogen-bond acceptors (Lipinski definition) is 1. The molecular formula is C10H11ClO. The molecular weight excluding hydrogens is 172 g/mol. The third-order valence-electron chi connectivity index (χ3n) is 1.48. The molecule has 1 rings (SSSR count). The Morgan fingerprint density at radius 2 is 1.92 bits per heavy atom. The van der Waals surface area contributed by atoms with E-state index >= 15 is 0 Å². The van der Waals surface area contributed by atoms with Gasteiger partial charge in [0.2, 0.25) is 0 Å². The molecule has 0 aliphatic carbocycles. The Balaban J connectivity index is 2.85. The van der Waals surface area contributed by atoms with E-state index in [2.05, 4.69) is 0 Å². The lowest BCUT2D eigenvalue weighted by atomic mass is 10.2. The fourth-order valence-electron chi connectivity index (χ4n) is 0.930. The highest BCUT2D eigenvalue weighted by molar-refractivity contribution is 6.31. The lowest BCUT2D eigenvalue weighted by molar-refractivity contribution is 0.415. The minimum atomic E-state index is 0.778. The van der Waals surface area contributed by atoms with Crippen molar-refractivity contribution in [2.24, 2.45) is 0 Å². The SMILES string of the molecule is COc1ccc(C=C(C)Cl)cc1. The summed E-state index contributed by atoms with van der Waals surface area (Å²) in [5.41, 5.74) is 1.09. The molecule has 2 heteroatoms. The van der Waals surface area contributed by atoms with Crippen LogP contribution in [0.5, 0.6) is 5.75 Å². The predicted molar refractivity (Wildman–Crippen MR) is 52.5 cm³/mol. The molecule has 0 heterocycles. The van der Waals surface area contributed by atoms with Crippen molar-refractivity contribution in [1.82, 2.24) is 0 Å². The van der Waals surface area contributed by atoms with Crippen LogP contribution in [-0.4, -0.2) is 7.11 Å². The number of halogens is 1. The summed E-state index contributed by atoms with van der Waals surface area (Å²) in [7, 11) is 1.65. The van der Waals surface area contributed by atoms with E-state index in [0.717, 1.165) is 16.3 Å². The first-order valence-electron chi connectivity index (χ1n) is 3.70. The van der Waals surface area contributed by atoms with Crippen molar-refractivity contribution >= 4 is 17.7 Å². The summed E-state index contributed by atoms with van der Waals surface area (Å²) in [6, 6.07) is 7.74. The Morgan fingerprint density at radius 1 is 1.33 bits per heavy atom. The van der Waals surface area contributed by atoms with Gasteiger partial charge in [-0.1, -0.05) is 23.7 Å². The minimum Gasteiger partial charge on any atom is -0.497 e. The molecule has 1 nitrogen and oxygen atoms in total. The number of methoxy groups -OCH3 is 1. The third-order valence-corrected chi connectivity index (χ3v) is 1.59. The molecule has 1 aromatic carbocycles. The van der Waals surface area contributed by atoms with E-state index < -0.39 is 0 Å². The maximum atomic E-state index is 5.72. The molecule has 0 saturated carbocycles. The van der Waals surface area contributed by atoms with Crippen molar-refractivity contribution in [2.45, 2.75) is 6.92 Å². The van der Waals surface area contributed by atoms with E-state index in [9.17, 15) is 0 Å². The molecule has 0 bridgehead atoms. The number of ether oxygens (including phenoxy) is 1. The topological polar surface area (TPSA) is 9.23 Å². The van der Waals surface area contributed by atoms with Crippen molar-refractivity contribution in [1.29, 1.82) is 0 Å². The van der Waals surface area contributed by atoms with E-state index in [0.29, 0.717) is 0 Å². The van der Waals surface area contributed by atoms with Gasteiger partial charge in [0, 0.05) is 5.03 Å². The van der Waals surface area contributed by atoms with Crippen LogP contribution in [0.4, 0.5) is 0 Å². The summed E-state index contributed by atoms with van der Waals surface area (Å²) >= 11 is 5.72. The molecule has 0 unspecified atom stereocenters. The second kappa shape index (κ2) is 4.17. The molecule has 0 amide bonds. The quantitative estimate of drug-likeness (QED) is 0.682. The van der Waals surface area contributed by atoms with Crippen LogP contribution < -0.4 is 4.74 Å². The zero-order chi connectivity index (χ0) is 8.97. The molecule has 12 heavy (non-hydrogen) atoms. The number of hydrogen-bond donors (Lipinski definition) is 0. The van der Waals surface area contributed by atoms with Crippen molar-refractivity contribution in [3.8, 4) is 5.75 Å². The molecule has 1 aromatic rings. The van der Waals surface area contributed by atoms with Crippen LogP contribution in [0.15, 0.2) is 29.3 Å². The molecule has 0 N–H and O–H groups in total. The molecule has 0 atom stereocenters. The molecule has 64 valence electrons. The number of rotatable bonds is 2. The summed E-state index contributed by atoms with van der Waals surface area (Å²) in [5.74, 6) is 0.861. The molecule has 0 aliphatic heterocycles. The van der Waals surface area contributed by atoms with Crippen LogP contribution in [0.25, 0.3) is 6.08 Å². The van der Waals surface area contributed by atoms with Crippen LogP contribution in [-0.2, 0) is 0 Å². The highest BCUT2D eigenvalue weighted by atomic mass is 35.5.